The van der Waals surface area contributed by atoms with Crippen LogP contribution in [0, 0.1) is 5.92 Å². The lowest BCUT2D eigenvalue weighted by Crippen LogP contribution is -2.58. The Morgan fingerprint density at radius 1 is 1.05 bits per heavy atom. The van der Waals surface area contributed by atoms with Gasteiger partial charge in [-0.05, 0) is 57.8 Å². The quantitative estimate of drug-likeness (QED) is 0.372. The van der Waals surface area contributed by atoms with Gasteiger partial charge >= 0.3 is 16.3 Å². The Morgan fingerprint density at radius 2 is 1.78 bits per heavy atom. The van der Waals surface area contributed by atoms with E-state index in [9.17, 15) is 27.6 Å². The van der Waals surface area contributed by atoms with Gasteiger partial charge in [0.15, 0.2) is 6.10 Å². The fourth-order valence-electron chi connectivity index (χ4n) is 5.68. The minimum atomic E-state index is -4.10. The van der Waals surface area contributed by atoms with E-state index < -0.39 is 51.7 Å². The fraction of sp³-hybridized carbons (Fsp3) is 0.750. The molecule has 5 N–H and O–H groups in total. The number of hydrogen-bond acceptors (Lipinski definition) is 7. The number of fused-ring (bicyclic) bond motifs is 2. The highest BCUT2D eigenvalue weighted by Crippen LogP contribution is 2.45. The topological polar surface area (TPSA) is 177 Å². The molecule has 0 aromatic carbocycles. The maximum Gasteiger partial charge on any atom is 0.405 e. The molecule has 4 unspecified atom stereocenters. The van der Waals surface area contributed by atoms with E-state index in [0.717, 1.165) is 25.7 Å². The van der Waals surface area contributed by atoms with Gasteiger partial charge in [-0.15, -0.1) is 0 Å². The second-order valence-corrected chi connectivity index (χ2v) is 11.9. The molecule has 0 aromatic heterocycles. The predicted octanol–water partition coefficient (Wildman–Crippen LogP) is 0.730. The smallest absolute Gasteiger partial charge is 0.405 e. The predicted molar refractivity (Wildman–Crippen MR) is 133 cm³/mol. The number of carbonyl (C=O) groups is 4. The average Bonchev–Trinajstić information content (AvgIpc) is 3.18. The van der Waals surface area contributed by atoms with Crippen LogP contribution in [-0.2, 0) is 29.3 Å². The van der Waals surface area contributed by atoms with Gasteiger partial charge in [-0.1, -0.05) is 31.4 Å². The number of nitrogens with two attached hydrogens (primary N) is 1. The van der Waals surface area contributed by atoms with Crippen molar-refractivity contribution in [3.8, 4) is 0 Å². The van der Waals surface area contributed by atoms with E-state index in [4.69, 9.17) is 10.5 Å². The molecular formula is C24H37N5O7S. The third-order valence-corrected chi connectivity index (χ3v) is 8.85. The molecule has 13 heteroatoms. The van der Waals surface area contributed by atoms with Gasteiger partial charge in [0, 0.05) is 18.5 Å². The standard InChI is InChI=1S/C24H37N5O7S/c25-23(33)36-19-13-5-3-1-2-4-9-16-15-24(16,26-20(30)18-12-8-14-29(18)21(19)31)22(32)28-37(34,35)27-17-10-6-7-11-17/h4,9,16-19,27H,1-3,5-8,10-15H2,(H2,25,33)(H,26,30)(H,28,32). The van der Waals surface area contributed by atoms with Gasteiger partial charge in [0.1, 0.15) is 11.6 Å². The van der Waals surface area contributed by atoms with E-state index in [1.165, 1.54) is 4.90 Å². The molecule has 4 atom stereocenters. The first-order chi connectivity index (χ1) is 17.6. The molecule has 12 nitrogen and oxygen atoms in total. The van der Waals surface area contributed by atoms with Crippen LogP contribution < -0.4 is 20.5 Å². The fourth-order valence-corrected chi connectivity index (χ4v) is 6.84. The Bertz CT molecular complexity index is 1040. The second-order valence-electron chi connectivity index (χ2n) is 10.5. The molecule has 4 rings (SSSR count). The number of nitrogens with zero attached hydrogens (tertiary/aromatic N) is 1. The molecule has 2 heterocycles. The summed E-state index contributed by atoms with van der Waals surface area (Å²) >= 11 is 0. The van der Waals surface area contributed by atoms with Crippen molar-refractivity contribution in [2.24, 2.45) is 11.7 Å². The molecule has 2 saturated carbocycles. The molecule has 2 aliphatic heterocycles. The number of ether oxygens (including phenoxy) is 1. The summed E-state index contributed by atoms with van der Waals surface area (Å²) in [6.45, 7) is 0.303. The zero-order chi connectivity index (χ0) is 26.6. The van der Waals surface area contributed by atoms with Crippen LogP contribution in [0.3, 0.4) is 0 Å². The number of rotatable bonds is 5. The maximum atomic E-state index is 13.4. The molecule has 0 bridgehead atoms. The van der Waals surface area contributed by atoms with E-state index >= 15 is 0 Å². The average molecular weight is 540 g/mol. The molecular weight excluding hydrogens is 502 g/mol. The lowest BCUT2D eigenvalue weighted by atomic mass is 10.1. The summed E-state index contributed by atoms with van der Waals surface area (Å²) in [5, 5.41) is 2.78. The zero-order valence-corrected chi connectivity index (χ0v) is 21.8. The number of carbonyl (C=O) groups excluding carboxylic acids is 4. The van der Waals surface area contributed by atoms with Crippen LogP contribution in [0.1, 0.15) is 77.0 Å². The van der Waals surface area contributed by atoms with Gasteiger partial charge in [-0.3, -0.25) is 14.4 Å². The van der Waals surface area contributed by atoms with Crippen molar-refractivity contribution in [3.63, 3.8) is 0 Å². The van der Waals surface area contributed by atoms with Crippen LogP contribution in [0.2, 0.25) is 0 Å². The SMILES string of the molecule is NC(=O)OC1CCCCCC=CC2CC2(C(=O)NS(=O)(=O)NC2CCCC2)NC(=O)C2CCCN2C1=O. The van der Waals surface area contributed by atoms with Crippen LogP contribution in [0.5, 0.6) is 0 Å². The van der Waals surface area contributed by atoms with Gasteiger partial charge in [-0.25, -0.2) is 9.52 Å². The normalized spacial score (nSPS) is 31.5. The number of nitrogens with one attached hydrogen (secondary N) is 3. The molecule has 3 fully saturated rings. The van der Waals surface area contributed by atoms with Crippen LogP contribution in [0.4, 0.5) is 4.79 Å². The van der Waals surface area contributed by atoms with Gasteiger partial charge in [0.25, 0.3) is 11.8 Å². The monoisotopic (exact) mass is 539 g/mol. The van der Waals surface area contributed by atoms with Crippen molar-refractivity contribution in [1.82, 2.24) is 19.7 Å². The van der Waals surface area contributed by atoms with Gasteiger partial charge in [0.05, 0.1) is 0 Å². The van der Waals surface area contributed by atoms with Crippen molar-refractivity contribution in [2.75, 3.05) is 6.54 Å². The minimum absolute atomic E-state index is 0.214. The molecule has 0 spiro atoms. The molecule has 0 radical (unpaired) electrons. The summed E-state index contributed by atoms with van der Waals surface area (Å²) in [6.07, 6.45) is 9.41. The van der Waals surface area contributed by atoms with E-state index in [2.05, 4.69) is 14.8 Å². The van der Waals surface area contributed by atoms with E-state index in [1.807, 2.05) is 12.2 Å². The van der Waals surface area contributed by atoms with Crippen molar-refractivity contribution >= 4 is 34.0 Å². The number of hydrogen-bond donors (Lipinski definition) is 4. The van der Waals surface area contributed by atoms with Crippen molar-refractivity contribution < 1.29 is 32.3 Å². The first-order valence-electron chi connectivity index (χ1n) is 13.2. The van der Waals surface area contributed by atoms with Crippen LogP contribution in [-0.4, -0.2) is 67.4 Å². The van der Waals surface area contributed by atoms with Crippen LogP contribution in [0.15, 0.2) is 12.2 Å². The largest absolute Gasteiger partial charge is 0.436 e. The maximum absolute atomic E-state index is 13.4. The summed E-state index contributed by atoms with van der Waals surface area (Å²) in [5.74, 6) is -2.18. The highest BCUT2D eigenvalue weighted by atomic mass is 32.2. The Balaban J connectivity index is 1.53. The molecule has 37 heavy (non-hydrogen) atoms. The molecule has 2 aliphatic carbocycles. The van der Waals surface area contributed by atoms with E-state index in [-0.39, 0.29) is 18.4 Å². The minimum Gasteiger partial charge on any atom is -0.436 e. The Hall–Kier alpha value is -2.67. The zero-order valence-electron chi connectivity index (χ0n) is 20.9. The summed E-state index contributed by atoms with van der Waals surface area (Å²) in [6, 6.07) is -1.08. The van der Waals surface area contributed by atoms with E-state index in [1.54, 1.807) is 0 Å². The highest BCUT2D eigenvalue weighted by molar-refractivity contribution is 7.88. The summed E-state index contributed by atoms with van der Waals surface area (Å²) < 4.78 is 35.0. The number of primary amides is 1. The molecule has 0 aromatic rings. The number of amides is 4. The molecule has 4 aliphatic rings. The van der Waals surface area contributed by atoms with Gasteiger partial charge in [-0.2, -0.15) is 13.1 Å². The van der Waals surface area contributed by atoms with Gasteiger partial charge in [0.2, 0.25) is 5.91 Å². The molecule has 4 amide bonds. The van der Waals surface area contributed by atoms with Gasteiger partial charge < -0.3 is 20.7 Å². The van der Waals surface area contributed by atoms with Crippen LogP contribution >= 0.6 is 0 Å². The van der Waals surface area contributed by atoms with E-state index in [0.29, 0.717) is 51.5 Å². The third kappa shape index (κ3) is 6.61. The highest BCUT2D eigenvalue weighted by Gasteiger charge is 2.61. The Labute approximate surface area is 217 Å². The Morgan fingerprint density at radius 3 is 2.51 bits per heavy atom. The summed E-state index contributed by atoms with van der Waals surface area (Å²) in [4.78, 5) is 52.7. The molecule has 1 saturated heterocycles. The lowest BCUT2D eigenvalue weighted by molar-refractivity contribution is -0.146. The van der Waals surface area contributed by atoms with Crippen LogP contribution in [0.25, 0.3) is 0 Å². The first kappa shape index (κ1) is 27.4. The Kier molecular flexibility index (Phi) is 8.42. The summed E-state index contributed by atoms with van der Waals surface area (Å²) in [7, 11) is -4.10. The van der Waals surface area contributed by atoms with Crippen molar-refractivity contribution in [2.45, 2.75) is 101 Å². The van der Waals surface area contributed by atoms with Crippen molar-refractivity contribution in [3.05, 3.63) is 12.2 Å². The number of allylic oxidation sites excluding steroid dienone is 1. The lowest BCUT2D eigenvalue weighted by Gasteiger charge is -2.29. The molecule has 206 valence electrons. The summed E-state index contributed by atoms with van der Waals surface area (Å²) in [5.41, 5.74) is 3.77. The third-order valence-electron chi connectivity index (χ3n) is 7.75. The first-order valence-corrected chi connectivity index (χ1v) is 14.7. The van der Waals surface area contributed by atoms with Crippen molar-refractivity contribution in [1.29, 1.82) is 0 Å². The second kappa shape index (κ2) is 11.4.